The zero-order valence-corrected chi connectivity index (χ0v) is 11.3. The van der Waals surface area contributed by atoms with Gasteiger partial charge in [-0.1, -0.05) is 24.0 Å². The Balaban J connectivity index is 2.13. The summed E-state index contributed by atoms with van der Waals surface area (Å²) in [6, 6.07) is 12.3. The highest BCUT2D eigenvalue weighted by atomic mass is 16.5. The van der Waals surface area contributed by atoms with Crippen LogP contribution in [-0.2, 0) is 0 Å². The molecule has 0 saturated heterocycles. The van der Waals surface area contributed by atoms with Gasteiger partial charge in [0.05, 0.1) is 7.11 Å². The third-order valence-corrected chi connectivity index (χ3v) is 3.04. The molecule has 0 radical (unpaired) electrons. The van der Waals surface area contributed by atoms with Crippen molar-refractivity contribution in [1.29, 1.82) is 0 Å². The van der Waals surface area contributed by atoms with Crippen molar-refractivity contribution in [2.45, 2.75) is 19.3 Å². The quantitative estimate of drug-likeness (QED) is 0.670. The van der Waals surface area contributed by atoms with E-state index >= 15 is 0 Å². The number of fused-ring (bicyclic) bond motifs is 1. The van der Waals surface area contributed by atoms with Crippen LogP contribution in [0.25, 0.3) is 10.8 Å². The molecule has 0 atom stereocenters. The van der Waals surface area contributed by atoms with Crippen molar-refractivity contribution in [1.82, 2.24) is 0 Å². The Morgan fingerprint density at radius 2 is 1.84 bits per heavy atom. The fourth-order valence-corrected chi connectivity index (χ4v) is 1.95. The first-order valence-electron chi connectivity index (χ1n) is 6.60. The molecule has 0 amide bonds. The molecule has 2 aromatic carbocycles. The molecule has 0 fully saturated rings. The summed E-state index contributed by atoms with van der Waals surface area (Å²) >= 11 is 0. The van der Waals surface area contributed by atoms with Crippen LogP contribution in [0, 0.1) is 11.8 Å². The van der Waals surface area contributed by atoms with Gasteiger partial charge >= 0.3 is 0 Å². The summed E-state index contributed by atoms with van der Waals surface area (Å²) < 4.78 is 5.22. The largest absolute Gasteiger partial charge is 0.497 e. The molecule has 2 rings (SSSR count). The number of hydrogen-bond donors (Lipinski definition) is 1. The van der Waals surface area contributed by atoms with Crippen LogP contribution in [-0.4, -0.2) is 13.7 Å². The molecule has 19 heavy (non-hydrogen) atoms. The van der Waals surface area contributed by atoms with Gasteiger partial charge in [0.25, 0.3) is 0 Å². The Labute approximate surface area is 114 Å². The van der Waals surface area contributed by atoms with Gasteiger partial charge in [-0.05, 0) is 54.4 Å². The fourth-order valence-electron chi connectivity index (χ4n) is 1.95. The van der Waals surface area contributed by atoms with E-state index in [0.29, 0.717) is 0 Å². The number of methoxy groups -OCH3 is 1. The number of benzene rings is 2. The predicted octanol–water partition coefficient (Wildman–Crippen LogP) is 3.33. The molecule has 0 aromatic heterocycles. The Kier molecular flexibility index (Phi) is 4.83. The second-order valence-corrected chi connectivity index (χ2v) is 4.48. The zero-order valence-electron chi connectivity index (χ0n) is 11.3. The summed E-state index contributed by atoms with van der Waals surface area (Å²) in [5.74, 6) is 7.28. The van der Waals surface area contributed by atoms with E-state index in [0.717, 1.165) is 37.1 Å². The molecule has 0 spiro atoms. The van der Waals surface area contributed by atoms with Gasteiger partial charge in [0, 0.05) is 12.0 Å². The topological polar surface area (TPSA) is 35.2 Å². The van der Waals surface area contributed by atoms with E-state index in [1.54, 1.807) is 7.11 Å². The smallest absolute Gasteiger partial charge is 0.119 e. The van der Waals surface area contributed by atoms with Crippen molar-refractivity contribution >= 4 is 10.8 Å². The lowest BCUT2D eigenvalue weighted by atomic mass is 10.1. The van der Waals surface area contributed by atoms with Crippen molar-refractivity contribution in [2.75, 3.05) is 13.7 Å². The van der Waals surface area contributed by atoms with E-state index in [1.165, 1.54) is 10.8 Å². The summed E-state index contributed by atoms with van der Waals surface area (Å²) in [6.07, 6.45) is 3.04. The molecule has 2 aromatic rings. The molecule has 2 N–H and O–H groups in total. The molecule has 2 nitrogen and oxygen atoms in total. The summed E-state index contributed by atoms with van der Waals surface area (Å²) in [6.45, 7) is 0.749. The van der Waals surface area contributed by atoms with Crippen molar-refractivity contribution in [2.24, 2.45) is 5.73 Å². The van der Waals surface area contributed by atoms with E-state index in [-0.39, 0.29) is 0 Å². The van der Waals surface area contributed by atoms with Crippen molar-refractivity contribution in [3.63, 3.8) is 0 Å². The van der Waals surface area contributed by atoms with Crippen LogP contribution in [0.1, 0.15) is 24.8 Å². The molecule has 0 aliphatic heterocycles. The van der Waals surface area contributed by atoms with Gasteiger partial charge in [-0.3, -0.25) is 0 Å². The summed E-state index contributed by atoms with van der Waals surface area (Å²) in [7, 11) is 1.68. The van der Waals surface area contributed by atoms with Gasteiger partial charge in [0.2, 0.25) is 0 Å². The van der Waals surface area contributed by atoms with E-state index < -0.39 is 0 Å². The van der Waals surface area contributed by atoms with Gasteiger partial charge in [-0.2, -0.15) is 0 Å². The molecular weight excluding hydrogens is 234 g/mol. The lowest BCUT2D eigenvalue weighted by Gasteiger charge is -2.02. The molecule has 0 aliphatic rings. The van der Waals surface area contributed by atoms with Gasteiger partial charge in [0.1, 0.15) is 5.75 Å². The van der Waals surface area contributed by atoms with Gasteiger partial charge in [-0.25, -0.2) is 0 Å². The third-order valence-electron chi connectivity index (χ3n) is 3.04. The maximum Gasteiger partial charge on any atom is 0.119 e. The van der Waals surface area contributed by atoms with Crippen LogP contribution >= 0.6 is 0 Å². The first-order chi connectivity index (χ1) is 9.33. The maximum atomic E-state index is 5.45. The van der Waals surface area contributed by atoms with E-state index in [4.69, 9.17) is 10.5 Å². The van der Waals surface area contributed by atoms with E-state index in [2.05, 4.69) is 36.1 Å². The van der Waals surface area contributed by atoms with Crippen LogP contribution in [0.4, 0.5) is 0 Å². The van der Waals surface area contributed by atoms with Crippen molar-refractivity contribution in [3.8, 4) is 17.6 Å². The second-order valence-electron chi connectivity index (χ2n) is 4.48. The van der Waals surface area contributed by atoms with Crippen LogP contribution < -0.4 is 10.5 Å². The standard InChI is InChI=1S/C17H19NO/c1-19-17-10-9-15-12-14(7-8-16(15)13-17)6-4-2-3-5-11-18/h7-10,12-13H,2-3,5,11,18H2,1H3. The first-order valence-corrected chi connectivity index (χ1v) is 6.60. The van der Waals surface area contributed by atoms with Crippen LogP contribution in [0.3, 0.4) is 0 Å². The summed E-state index contributed by atoms with van der Waals surface area (Å²) in [5.41, 5.74) is 6.51. The Morgan fingerprint density at radius 3 is 2.63 bits per heavy atom. The highest BCUT2D eigenvalue weighted by Crippen LogP contribution is 2.21. The Bertz CT molecular complexity index is 607. The molecule has 0 heterocycles. The SMILES string of the molecule is COc1ccc2cc(C#CCCCCN)ccc2c1. The summed E-state index contributed by atoms with van der Waals surface area (Å²) in [4.78, 5) is 0. The fraction of sp³-hybridized carbons (Fsp3) is 0.294. The third kappa shape index (κ3) is 3.74. The molecule has 0 bridgehead atoms. The average molecular weight is 253 g/mol. The van der Waals surface area contributed by atoms with Gasteiger partial charge < -0.3 is 10.5 Å². The lowest BCUT2D eigenvalue weighted by Crippen LogP contribution is -1.96. The second kappa shape index (κ2) is 6.82. The van der Waals surface area contributed by atoms with Crippen LogP contribution in [0.2, 0.25) is 0 Å². The van der Waals surface area contributed by atoms with Crippen molar-refractivity contribution < 1.29 is 4.74 Å². The minimum atomic E-state index is 0.749. The molecule has 2 heteroatoms. The molecule has 0 aliphatic carbocycles. The van der Waals surface area contributed by atoms with E-state index in [9.17, 15) is 0 Å². The maximum absolute atomic E-state index is 5.45. The number of rotatable bonds is 4. The Hall–Kier alpha value is -1.98. The number of unbranched alkanes of at least 4 members (excludes halogenated alkanes) is 2. The molecular formula is C17H19NO. The number of hydrogen-bond acceptors (Lipinski definition) is 2. The first kappa shape index (κ1) is 13.5. The lowest BCUT2D eigenvalue weighted by molar-refractivity contribution is 0.415. The van der Waals surface area contributed by atoms with Crippen molar-refractivity contribution in [3.05, 3.63) is 42.0 Å². The van der Waals surface area contributed by atoms with Gasteiger partial charge in [0.15, 0.2) is 0 Å². The highest BCUT2D eigenvalue weighted by molar-refractivity contribution is 5.85. The number of nitrogens with two attached hydrogens (primary N) is 1. The molecule has 98 valence electrons. The minimum Gasteiger partial charge on any atom is -0.497 e. The Morgan fingerprint density at radius 1 is 1.05 bits per heavy atom. The normalized spacial score (nSPS) is 10.0. The average Bonchev–Trinajstić information content (AvgIpc) is 2.46. The number of ether oxygens (including phenoxy) is 1. The molecule has 0 saturated carbocycles. The predicted molar refractivity (Wildman–Crippen MR) is 80.3 cm³/mol. The van der Waals surface area contributed by atoms with E-state index in [1.807, 2.05) is 12.1 Å². The van der Waals surface area contributed by atoms with Crippen LogP contribution in [0.15, 0.2) is 36.4 Å². The minimum absolute atomic E-state index is 0.749. The zero-order chi connectivity index (χ0) is 13.5. The van der Waals surface area contributed by atoms with Crippen LogP contribution in [0.5, 0.6) is 5.75 Å². The van der Waals surface area contributed by atoms with Gasteiger partial charge in [-0.15, -0.1) is 0 Å². The summed E-state index contributed by atoms with van der Waals surface area (Å²) in [5, 5.41) is 2.36. The highest BCUT2D eigenvalue weighted by Gasteiger charge is 1.97. The molecule has 0 unspecified atom stereocenters. The monoisotopic (exact) mass is 253 g/mol.